The normalized spacial score (nSPS) is 14.8. The van der Waals surface area contributed by atoms with E-state index in [9.17, 15) is 9.59 Å². The van der Waals surface area contributed by atoms with E-state index in [2.05, 4.69) is 14.9 Å². The molecule has 1 N–H and O–H groups in total. The van der Waals surface area contributed by atoms with E-state index in [4.69, 9.17) is 0 Å². The molecule has 4 rings (SSSR count). The third-order valence-electron chi connectivity index (χ3n) is 5.28. The van der Waals surface area contributed by atoms with Crippen LogP contribution in [0.15, 0.2) is 70.5 Å². The van der Waals surface area contributed by atoms with E-state index in [-0.39, 0.29) is 11.1 Å². The Balaban J connectivity index is 1.38. The molecule has 0 unspecified atom stereocenters. The summed E-state index contributed by atoms with van der Waals surface area (Å²) >= 11 is 0. The summed E-state index contributed by atoms with van der Waals surface area (Å²) in [5, 5.41) is 0. The fourth-order valence-corrected chi connectivity index (χ4v) is 3.77. The van der Waals surface area contributed by atoms with Crippen LogP contribution in [-0.4, -0.2) is 52.1 Å². The molecule has 0 bridgehead atoms. The van der Waals surface area contributed by atoms with Crippen molar-refractivity contribution in [3.05, 3.63) is 81.6 Å². The molecule has 0 aliphatic carbocycles. The topological polar surface area (TPSA) is 77.5 Å². The van der Waals surface area contributed by atoms with Gasteiger partial charge in [-0.1, -0.05) is 18.2 Å². The van der Waals surface area contributed by atoms with Crippen LogP contribution in [0.3, 0.4) is 0 Å². The molecular formula is C21H25N6O2+. The number of piperazine rings is 1. The first kappa shape index (κ1) is 19.1. The molecule has 0 saturated carbocycles. The molecule has 1 aliphatic heterocycles. The summed E-state index contributed by atoms with van der Waals surface area (Å²) in [6.07, 6.45) is 4.37. The van der Waals surface area contributed by atoms with Gasteiger partial charge in [-0.25, -0.2) is 19.3 Å². The molecule has 0 spiro atoms. The molecule has 0 amide bonds. The van der Waals surface area contributed by atoms with Crippen LogP contribution >= 0.6 is 0 Å². The summed E-state index contributed by atoms with van der Waals surface area (Å²) in [4.78, 5) is 37.2. The highest BCUT2D eigenvalue weighted by Crippen LogP contribution is 2.05. The molecule has 150 valence electrons. The number of quaternary nitrogens is 1. The molecule has 29 heavy (non-hydrogen) atoms. The summed E-state index contributed by atoms with van der Waals surface area (Å²) in [7, 11) is 0. The van der Waals surface area contributed by atoms with Crippen molar-refractivity contribution in [1.82, 2.24) is 19.3 Å². The number of rotatable bonds is 6. The smallest absolute Gasteiger partial charge is 0.270 e. The SMILES string of the molecule is O=c1ccc(=O)n(-c2ccccc2)n1CCC[NH+]1CCN(c2ncccn2)CC1. The van der Waals surface area contributed by atoms with Gasteiger partial charge in [0.15, 0.2) is 0 Å². The largest absolute Gasteiger partial charge is 0.332 e. The predicted octanol–water partition coefficient (Wildman–Crippen LogP) is -0.416. The van der Waals surface area contributed by atoms with Crippen LogP contribution in [0.5, 0.6) is 0 Å². The van der Waals surface area contributed by atoms with E-state index < -0.39 is 0 Å². The van der Waals surface area contributed by atoms with Gasteiger partial charge in [0.25, 0.3) is 11.1 Å². The van der Waals surface area contributed by atoms with Gasteiger partial charge in [0.1, 0.15) is 0 Å². The van der Waals surface area contributed by atoms with Crippen molar-refractivity contribution < 1.29 is 4.90 Å². The summed E-state index contributed by atoms with van der Waals surface area (Å²) in [6, 6.07) is 13.8. The van der Waals surface area contributed by atoms with E-state index in [0.717, 1.165) is 45.1 Å². The number of nitrogens with one attached hydrogen (secondary N) is 1. The lowest BCUT2D eigenvalue weighted by molar-refractivity contribution is -0.900. The van der Waals surface area contributed by atoms with E-state index >= 15 is 0 Å². The lowest BCUT2D eigenvalue weighted by Gasteiger charge is -2.32. The van der Waals surface area contributed by atoms with Crippen LogP contribution in [0.25, 0.3) is 5.69 Å². The number of hydrogen-bond donors (Lipinski definition) is 1. The molecule has 0 atom stereocenters. The van der Waals surface area contributed by atoms with Gasteiger partial charge in [-0.2, -0.15) is 0 Å². The second-order valence-corrected chi connectivity index (χ2v) is 7.17. The number of hydrogen-bond acceptors (Lipinski definition) is 5. The molecule has 0 radical (unpaired) electrons. The highest BCUT2D eigenvalue weighted by molar-refractivity contribution is 5.30. The standard InChI is InChI=1S/C21H24N6O2/c28-19-8-9-20(29)27(18-6-2-1-3-7-18)26(19)13-5-12-24-14-16-25(17-15-24)21-22-10-4-11-23-21/h1-4,6-11H,5,12-17H2/p+1. The Bertz CT molecular complexity index is 1040. The third kappa shape index (κ3) is 4.43. The van der Waals surface area contributed by atoms with Gasteiger partial charge < -0.3 is 9.80 Å². The Morgan fingerprint density at radius 3 is 2.28 bits per heavy atom. The van der Waals surface area contributed by atoms with Gasteiger partial charge in [0.2, 0.25) is 5.95 Å². The van der Waals surface area contributed by atoms with Gasteiger partial charge in [-0.3, -0.25) is 9.59 Å². The second kappa shape index (κ2) is 8.83. The molecular weight excluding hydrogens is 368 g/mol. The Hall–Kier alpha value is -3.26. The minimum Gasteiger partial charge on any atom is -0.332 e. The Morgan fingerprint density at radius 2 is 1.55 bits per heavy atom. The van der Waals surface area contributed by atoms with Crippen molar-refractivity contribution in [2.24, 2.45) is 0 Å². The minimum atomic E-state index is -0.195. The molecule has 2 aromatic heterocycles. The minimum absolute atomic E-state index is 0.158. The number of anilines is 1. The van der Waals surface area contributed by atoms with Gasteiger partial charge >= 0.3 is 0 Å². The molecule has 1 saturated heterocycles. The van der Waals surface area contributed by atoms with E-state index in [1.807, 2.05) is 36.4 Å². The van der Waals surface area contributed by atoms with Gasteiger partial charge in [-0.05, 0) is 18.2 Å². The van der Waals surface area contributed by atoms with Crippen molar-refractivity contribution >= 4 is 5.95 Å². The van der Waals surface area contributed by atoms with Crippen LogP contribution in [0.2, 0.25) is 0 Å². The van der Waals surface area contributed by atoms with Crippen molar-refractivity contribution in [3.8, 4) is 5.69 Å². The highest BCUT2D eigenvalue weighted by Gasteiger charge is 2.21. The quantitative estimate of drug-likeness (QED) is 0.616. The Labute approximate surface area is 168 Å². The number of benzene rings is 1. The van der Waals surface area contributed by atoms with Crippen molar-refractivity contribution in [2.75, 3.05) is 37.6 Å². The van der Waals surface area contributed by atoms with Crippen molar-refractivity contribution in [3.63, 3.8) is 0 Å². The first-order valence-corrected chi connectivity index (χ1v) is 9.96. The van der Waals surface area contributed by atoms with Crippen molar-refractivity contribution in [1.29, 1.82) is 0 Å². The van der Waals surface area contributed by atoms with Crippen LogP contribution in [0, 0.1) is 0 Å². The highest BCUT2D eigenvalue weighted by atomic mass is 16.2. The average Bonchev–Trinajstić information content (AvgIpc) is 2.78. The summed E-state index contributed by atoms with van der Waals surface area (Å²) in [5.41, 5.74) is 0.355. The second-order valence-electron chi connectivity index (χ2n) is 7.17. The number of nitrogens with zero attached hydrogens (tertiary/aromatic N) is 5. The summed E-state index contributed by atoms with van der Waals surface area (Å²) in [5.74, 6) is 0.786. The molecule has 1 aromatic carbocycles. The van der Waals surface area contributed by atoms with Crippen LogP contribution in [0.4, 0.5) is 5.95 Å². The maximum absolute atomic E-state index is 12.4. The maximum atomic E-state index is 12.4. The Morgan fingerprint density at radius 1 is 0.862 bits per heavy atom. The molecule has 3 aromatic rings. The average molecular weight is 393 g/mol. The monoisotopic (exact) mass is 393 g/mol. The van der Waals surface area contributed by atoms with E-state index in [0.29, 0.717) is 12.2 Å². The lowest BCUT2D eigenvalue weighted by Crippen LogP contribution is -3.14. The summed E-state index contributed by atoms with van der Waals surface area (Å²) < 4.78 is 3.02. The predicted molar refractivity (Wildman–Crippen MR) is 111 cm³/mol. The van der Waals surface area contributed by atoms with Gasteiger partial charge in [0.05, 0.1) is 38.4 Å². The third-order valence-corrected chi connectivity index (χ3v) is 5.28. The van der Waals surface area contributed by atoms with Crippen LogP contribution in [0.1, 0.15) is 6.42 Å². The van der Waals surface area contributed by atoms with Crippen LogP contribution in [-0.2, 0) is 6.54 Å². The lowest BCUT2D eigenvalue weighted by atomic mass is 10.3. The molecule has 8 heteroatoms. The first-order valence-electron chi connectivity index (χ1n) is 9.96. The zero-order valence-corrected chi connectivity index (χ0v) is 16.3. The summed E-state index contributed by atoms with van der Waals surface area (Å²) in [6.45, 7) is 5.31. The van der Waals surface area contributed by atoms with Crippen LogP contribution < -0.4 is 20.9 Å². The maximum Gasteiger partial charge on any atom is 0.270 e. The molecule has 1 fully saturated rings. The van der Waals surface area contributed by atoms with E-state index in [1.165, 1.54) is 21.7 Å². The van der Waals surface area contributed by atoms with Crippen molar-refractivity contribution in [2.45, 2.75) is 13.0 Å². The van der Waals surface area contributed by atoms with E-state index in [1.54, 1.807) is 17.1 Å². The Kier molecular flexibility index (Phi) is 5.81. The van der Waals surface area contributed by atoms with Gasteiger partial charge in [0, 0.05) is 37.5 Å². The zero-order valence-electron chi connectivity index (χ0n) is 16.3. The first-order chi connectivity index (χ1) is 14.2. The zero-order chi connectivity index (χ0) is 20.1. The molecule has 1 aliphatic rings. The fourth-order valence-electron chi connectivity index (χ4n) is 3.77. The number of aromatic nitrogens is 4. The molecule has 8 nitrogen and oxygen atoms in total. The van der Waals surface area contributed by atoms with Gasteiger partial charge in [-0.15, -0.1) is 0 Å². The number of para-hydroxylation sites is 1. The fraction of sp³-hybridized carbons (Fsp3) is 0.333. The molecule has 3 heterocycles.